The molecular formula is C18H30ClN3O2S. The average molecular weight is 388 g/mol. The van der Waals surface area contributed by atoms with Gasteiger partial charge in [0.15, 0.2) is 5.96 Å². The number of rotatable bonds is 9. The molecule has 142 valence electrons. The second-order valence-electron chi connectivity index (χ2n) is 6.29. The lowest BCUT2D eigenvalue weighted by molar-refractivity contribution is 0.0277. The molecule has 0 spiro atoms. The molecular weight excluding hydrogens is 358 g/mol. The Balaban J connectivity index is 1.66. The Hall–Kier alpha value is -0.820. The third kappa shape index (κ3) is 7.94. The molecule has 1 saturated carbocycles. The van der Waals surface area contributed by atoms with E-state index < -0.39 is 6.10 Å². The van der Waals surface area contributed by atoms with E-state index >= 15 is 0 Å². The number of nitrogens with zero attached hydrogens (tertiary/aromatic N) is 1. The van der Waals surface area contributed by atoms with Crippen molar-refractivity contribution in [3.05, 3.63) is 21.3 Å². The van der Waals surface area contributed by atoms with E-state index in [9.17, 15) is 5.11 Å². The fraction of sp³-hybridized carbons (Fsp3) is 0.722. The predicted octanol–water partition coefficient (Wildman–Crippen LogP) is 3.73. The largest absolute Gasteiger partial charge is 0.386 e. The summed E-state index contributed by atoms with van der Waals surface area (Å²) in [5.74, 6) is 0.724. The van der Waals surface area contributed by atoms with Crippen LogP contribution >= 0.6 is 22.9 Å². The van der Waals surface area contributed by atoms with Gasteiger partial charge in [-0.2, -0.15) is 0 Å². The van der Waals surface area contributed by atoms with Gasteiger partial charge < -0.3 is 20.5 Å². The smallest absolute Gasteiger partial charge is 0.191 e. The summed E-state index contributed by atoms with van der Waals surface area (Å²) < 4.78 is 6.61. The molecule has 0 amide bonds. The molecule has 0 aliphatic heterocycles. The van der Waals surface area contributed by atoms with Gasteiger partial charge in [-0.05, 0) is 38.3 Å². The quantitative estimate of drug-likeness (QED) is 0.343. The van der Waals surface area contributed by atoms with Crippen LogP contribution < -0.4 is 10.6 Å². The van der Waals surface area contributed by atoms with Crippen LogP contribution in [0.15, 0.2) is 17.1 Å². The van der Waals surface area contributed by atoms with E-state index in [-0.39, 0.29) is 0 Å². The van der Waals surface area contributed by atoms with Gasteiger partial charge in [-0.1, -0.05) is 30.9 Å². The number of aliphatic hydroxyl groups excluding tert-OH is 1. The van der Waals surface area contributed by atoms with Crippen molar-refractivity contribution in [1.29, 1.82) is 0 Å². The minimum Gasteiger partial charge on any atom is -0.386 e. The third-order valence-corrected chi connectivity index (χ3v) is 5.54. The van der Waals surface area contributed by atoms with Gasteiger partial charge in [0, 0.05) is 24.6 Å². The summed E-state index contributed by atoms with van der Waals surface area (Å²) in [5.41, 5.74) is 0. The van der Waals surface area contributed by atoms with E-state index in [0.717, 1.165) is 37.0 Å². The zero-order valence-corrected chi connectivity index (χ0v) is 16.5. The maximum atomic E-state index is 10.2. The summed E-state index contributed by atoms with van der Waals surface area (Å²) in [6.45, 7) is 4.71. The number of aliphatic hydroxyl groups is 1. The normalized spacial score (nSPS) is 17.5. The fourth-order valence-corrected chi connectivity index (χ4v) is 3.92. The van der Waals surface area contributed by atoms with E-state index in [4.69, 9.17) is 16.3 Å². The van der Waals surface area contributed by atoms with Crippen LogP contribution in [0.3, 0.4) is 0 Å². The summed E-state index contributed by atoms with van der Waals surface area (Å²) in [6.07, 6.45) is 7.17. The number of halogens is 1. The molecule has 1 fully saturated rings. The van der Waals surface area contributed by atoms with Gasteiger partial charge in [-0.25, -0.2) is 0 Å². The van der Waals surface area contributed by atoms with Gasteiger partial charge in [0.1, 0.15) is 6.10 Å². The van der Waals surface area contributed by atoms with Crippen molar-refractivity contribution in [2.24, 2.45) is 4.99 Å². The highest BCUT2D eigenvalue weighted by atomic mass is 35.5. The van der Waals surface area contributed by atoms with Crippen LogP contribution in [0.5, 0.6) is 0 Å². The standard InChI is InChI=1S/C18H30ClN3O2S/c1-2-20-18(22-13-15(23)16-9-10-17(19)25-16)21-11-6-12-24-14-7-4-3-5-8-14/h9-10,14-15,23H,2-8,11-13H2,1H3,(H2,20,21,22). The minimum atomic E-state index is -0.623. The van der Waals surface area contributed by atoms with E-state index in [1.54, 1.807) is 6.07 Å². The average Bonchev–Trinajstić information content (AvgIpc) is 3.06. The number of hydrogen-bond donors (Lipinski definition) is 3. The van der Waals surface area contributed by atoms with Crippen LogP contribution in [0.1, 0.15) is 56.4 Å². The third-order valence-electron chi connectivity index (χ3n) is 4.21. The van der Waals surface area contributed by atoms with Gasteiger partial charge in [-0.15, -0.1) is 11.3 Å². The molecule has 7 heteroatoms. The molecule has 1 atom stereocenters. The molecule has 1 aliphatic carbocycles. The minimum absolute atomic E-state index is 0.310. The molecule has 5 nitrogen and oxygen atoms in total. The molecule has 0 bridgehead atoms. The summed E-state index contributed by atoms with van der Waals surface area (Å²) >= 11 is 7.29. The molecule has 1 heterocycles. The van der Waals surface area contributed by atoms with Crippen LogP contribution in [-0.2, 0) is 4.74 Å². The highest BCUT2D eigenvalue weighted by Gasteiger charge is 2.13. The first-order chi connectivity index (χ1) is 12.2. The van der Waals surface area contributed by atoms with Crippen molar-refractivity contribution < 1.29 is 9.84 Å². The lowest BCUT2D eigenvalue weighted by Gasteiger charge is -2.22. The second kappa shape index (κ2) is 11.7. The fourth-order valence-electron chi connectivity index (χ4n) is 2.88. The van der Waals surface area contributed by atoms with Crippen molar-refractivity contribution in [2.75, 3.05) is 26.2 Å². The maximum Gasteiger partial charge on any atom is 0.191 e. The molecule has 25 heavy (non-hydrogen) atoms. The number of nitrogens with one attached hydrogen (secondary N) is 2. The number of thiophene rings is 1. The number of aliphatic imine (C=N–C) groups is 1. The second-order valence-corrected chi connectivity index (χ2v) is 8.04. The van der Waals surface area contributed by atoms with Gasteiger partial charge in [0.25, 0.3) is 0 Å². The summed E-state index contributed by atoms with van der Waals surface area (Å²) in [4.78, 5) is 5.29. The first-order valence-corrected chi connectivity index (χ1v) is 10.5. The molecule has 2 rings (SSSR count). The highest BCUT2D eigenvalue weighted by molar-refractivity contribution is 7.16. The van der Waals surface area contributed by atoms with Crippen LogP contribution in [-0.4, -0.2) is 43.4 Å². The molecule has 1 aromatic heterocycles. The highest BCUT2D eigenvalue weighted by Crippen LogP contribution is 2.26. The maximum absolute atomic E-state index is 10.2. The van der Waals surface area contributed by atoms with Crippen LogP contribution in [0.4, 0.5) is 0 Å². The summed E-state index contributed by atoms with van der Waals surface area (Å²) in [7, 11) is 0. The molecule has 0 saturated heterocycles. The van der Waals surface area contributed by atoms with E-state index in [2.05, 4.69) is 15.6 Å². The topological polar surface area (TPSA) is 65.9 Å². The van der Waals surface area contributed by atoms with Gasteiger partial charge in [-0.3, -0.25) is 4.99 Å². The van der Waals surface area contributed by atoms with E-state index in [0.29, 0.717) is 17.0 Å². The van der Waals surface area contributed by atoms with E-state index in [1.165, 1.54) is 43.4 Å². The predicted molar refractivity (Wildman–Crippen MR) is 106 cm³/mol. The monoisotopic (exact) mass is 387 g/mol. The Labute approximate surface area is 159 Å². The summed E-state index contributed by atoms with van der Waals surface area (Å²) in [5, 5.41) is 16.7. The van der Waals surface area contributed by atoms with Gasteiger partial charge >= 0.3 is 0 Å². The van der Waals surface area contributed by atoms with Crippen molar-refractivity contribution >= 4 is 28.9 Å². The first-order valence-electron chi connectivity index (χ1n) is 9.26. The molecule has 1 aliphatic rings. The van der Waals surface area contributed by atoms with E-state index in [1.807, 2.05) is 13.0 Å². The van der Waals surface area contributed by atoms with Crippen molar-refractivity contribution in [1.82, 2.24) is 10.6 Å². The number of ether oxygens (including phenoxy) is 1. The Kier molecular flexibility index (Phi) is 9.61. The SMILES string of the molecule is CCNC(=NCC(O)c1ccc(Cl)s1)NCCCOC1CCCCC1. The van der Waals surface area contributed by atoms with Crippen LogP contribution in [0.25, 0.3) is 0 Å². The Morgan fingerprint density at radius 1 is 1.36 bits per heavy atom. The zero-order chi connectivity index (χ0) is 17.9. The summed E-state index contributed by atoms with van der Waals surface area (Å²) in [6, 6.07) is 3.64. The number of guanidine groups is 1. The molecule has 1 aromatic rings. The molecule has 3 N–H and O–H groups in total. The Bertz CT molecular complexity index is 518. The van der Waals surface area contributed by atoms with Crippen molar-refractivity contribution in [2.45, 2.75) is 57.7 Å². The van der Waals surface area contributed by atoms with Crippen molar-refractivity contribution in [3.8, 4) is 0 Å². The zero-order valence-electron chi connectivity index (χ0n) is 15.0. The Morgan fingerprint density at radius 2 is 2.16 bits per heavy atom. The number of hydrogen-bond acceptors (Lipinski definition) is 4. The van der Waals surface area contributed by atoms with Gasteiger partial charge in [0.2, 0.25) is 0 Å². The lowest BCUT2D eigenvalue weighted by atomic mass is 9.98. The van der Waals surface area contributed by atoms with Crippen LogP contribution in [0, 0.1) is 0 Å². The van der Waals surface area contributed by atoms with Crippen LogP contribution in [0.2, 0.25) is 4.34 Å². The van der Waals surface area contributed by atoms with Crippen molar-refractivity contribution in [3.63, 3.8) is 0 Å². The first kappa shape index (κ1) is 20.5. The Morgan fingerprint density at radius 3 is 2.84 bits per heavy atom. The molecule has 1 unspecified atom stereocenters. The molecule has 0 radical (unpaired) electrons. The molecule has 0 aromatic carbocycles. The lowest BCUT2D eigenvalue weighted by Crippen LogP contribution is -2.38. The van der Waals surface area contributed by atoms with Gasteiger partial charge in [0.05, 0.1) is 17.0 Å².